The number of benzene rings is 3. The van der Waals surface area contributed by atoms with E-state index in [1.54, 1.807) is 0 Å². The summed E-state index contributed by atoms with van der Waals surface area (Å²) in [4.78, 5) is 16.6. The molecule has 120 valence electrons. The Hall–Kier alpha value is -3.60. The number of carbonyl (C=O) groups is 1. The predicted octanol–water partition coefficient (Wildman–Crippen LogP) is 5.17. The maximum atomic E-state index is 12.1. The van der Waals surface area contributed by atoms with Crippen LogP contribution in [0.5, 0.6) is 0 Å². The molecule has 0 aromatic heterocycles. The van der Waals surface area contributed by atoms with Crippen LogP contribution < -0.4 is 5.32 Å². The number of aliphatic imine (C=N–C) groups is 1. The second-order valence-corrected chi connectivity index (χ2v) is 5.51. The lowest BCUT2D eigenvalue weighted by Crippen LogP contribution is -2.13. The molecule has 0 spiro atoms. The first-order valence-corrected chi connectivity index (χ1v) is 7.86. The van der Waals surface area contributed by atoms with Crippen LogP contribution in [-0.2, 0) is 4.79 Å². The minimum atomic E-state index is -0.186. The second-order valence-electron chi connectivity index (χ2n) is 5.51. The molecule has 3 aromatic rings. The molecule has 3 aromatic carbocycles. The van der Waals surface area contributed by atoms with Gasteiger partial charge in [-0.25, -0.2) is 4.99 Å². The number of fused-ring (bicyclic) bond motifs is 1. The largest absolute Gasteiger partial charge is 0.320 e. The van der Waals surface area contributed by atoms with Crippen LogP contribution >= 0.6 is 0 Å². The van der Waals surface area contributed by atoms with E-state index in [0.717, 1.165) is 22.6 Å². The number of nitrogens with one attached hydrogen (secondary N) is 1. The summed E-state index contributed by atoms with van der Waals surface area (Å²) < 4.78 is 0. The Kier molecular flexibility index (Phi) is 3.88. The minimum absolute atomic E-state index is 0.186. The van der Waals surface area contributed by atoms with E-state index in [1.807, 2.05) is 78.9 Å². The standard InChI is InChI=1S/C20H14N4O/c25-20-19(17-8-4-5-9-18(17)22-20)21-14-10-12-16(13-11-14)24-23-15-6-2-1-3-7-15/h1-13H,(H,21,22,25). The van der Waals surface area contributed by atoms with Crippen LogP contribution in [0.3, 0.4) is 0 Å². The van der Waals surface area contributed by atoms with Crippen LogP contribution in [0.25, 0.3) is 0 Å². The molecule has 0 bridgehead atoms. The van der Waals surface area contributed by atoms with Crippen molar-refractivity contribution in [3.8, 4) is 0 Å². The summed E-state index contributed by atoms with van der Waals surface area (Å²) in [5.41, 5.74) is 4.25. The molecule has 0 atom stereocenters. The van der Waals surface area contributed by atoms with Crippen LogP contribution in [0.2, 0.25) is 0 Å². The quantitative estimate of drug-likeness (QED) is 0.662. The topological polar surface area (TPSA) is 66.2 Å². The molecule has 25 heavy (non-hydrogen) atoms. The molecule has 0 unspecified atom stereocenters. The summed E-state index contributed by atoms with van der Waals surface area (Å²) in [6, 6.07) is 24.4. The number of carbonyl (C=O) groups excluding carboxylic acids is 1. The number of nitrogens with zero attached hydrogens (tertiary/aromatic N) is 3. The molecule has 5 nitrogen and oxygen atoms in total. The van der Waals surface area contributed by atoms with Crippen LogP contribution in [-0.4, -0.2) is 11.6 Å². The Bertz CT molecular complexity index is 976. The Morgan fingerprint density at radius 1 is 0.640 bits per heavy atom. The molecule has 4 rings (SSSR count). The smallest absolute Gasteiger partial charge is 0.275 e. The molecular formula is C20H14N4O. The highest BCUT2D eigenvalue weighted by molar-refractivity contribution is 6.54. The average Bonchev–Trinajstić information content (AvgIpc) is 2.97. The van der Waals surface area contributed by atoms with Gasteiger partial charge in [-0.2, -0.15) is 10.2 Å². The van der Waals surface area contributed by atoms with Crippen LogP contribution in [0.4, 0.5) is 22.7 Å². The van der Waals surface area contributed by atoms with E-state index in [1.165, 1.54) is 0 Å². The van der Waals surface area contributed by atoms with Crippen molar-refractivity contribution in [2.45, 2.75) is 0 Å². The fourth-order valence-corrected chi connectivity index (χ4v) is 2.55. The summed E-state index contributed by atoms with van der Waals surface area (Å²) in [6.07, 6.45) is 0. The highest BCUT2D eigenvalue weighted by Gasteiger charge is 2.25. The third kappa shape index (κ3) is 3.21. The van der Waals surface area contributed by atoms with Crippen molar-refractivity contribution in [1.82, 2.24) is 0 Å². The number of rotatable bonds is 3. The van der Waals surface area contributed by atoms with Crippen molar-refractivity contribution in [3.63, 3.8) is 0 Å². The van der Waals surface area contributed by atoms with E-state index in [4.69, 9.17) is 0 Å². The first-order valence-electron chi connectivity index (χ1n) is 7.86. The normalized spacial score (nSPS) is 14.7. The molecule has 5 heteroatoms. The van der Waals surface area contributed by atoms with Crippen LogP contribution in [0, 0.1) is 0 Å². The molecule has 0 aliphatic carbocycles. The number of hydrogen-bond acceptors (Lipinski definition) is 4. The zero-order valence-electron chi connectivity index (χ0n) is 13.3. The summed E-state index contributed by atoms with van der Waals surface area (Å²) >= 11 is 0. The first kappa shape index (κ1) is 15.0. The fraction of sp³-hybridized carbons (Fsp3) is 0. The maximum Gasteiger partial charge on any atom is 0.275 e. The summed E-state index contributed by atoms with van der Waals surface area (Å²) in [5.74, 6) is -0.186. The van der Waals surface area contributed by atoms with Gasteiger partial charge in [-0.05, 0) is 42.5 Å². The van der Waals surface area contributed by atoms with Gasteiger partial charge in [0.25, 0.3) is 5.91 Å². The lowest BCUT2D eigenvalue weighted by molar-refractivity contribution is -0.110. The van der Waals surface area contributed by atoms with Gasteiger partial charge in [-0.1, -0.05) is 36.4 Å². The van der Waals surface area contributed by atoms with Crippen molar-refractivity contribution in [2.75, 3.05) is 5.32 Å². The van der Waals surface area contributed by atoms with Gasteiger partial charge >= 0.3 is 0 Å². The summed E-state index contributed by atoms with van der Waals surface area (Å²) in [5, 5.41) is 11.2. The zero-order valence-corrected chi connectivity index (χ0v) is 13.3. The van der Waals surface area contributed by atoms with E-state index in [-0.39, 0.29) is 5.91 Å². The monoisotopic (exact) mass is 326 g/mol. The molecule has 1 heterocycles. The van der Waals surface area contributed by atoms with E-state index < -0.39 is 0 Å². The van der Waals surface area contributed by atoms with E-state index in [9.17, 15) is 4.79 Å². The molecule has 0 fully saturated rings. The van der Waals surface area contributed by atoms with Crippen LogP contribution in [0.15, 0.2) is 94.1 Å². The van der Waals surface area contributed by atoms with Crippen molar-refractivity contribution < 1.29 is 4.79 Å². The zero-order chi connectivity index (χ0) is 17.1. The third-order valence-electron chi connectivity index (χ3n) is 3.77. The van der Waals surface area contributed by atoms with E-state index in [0.29, 0.717) is 11.4 Å². The highest BCUT2D eigenvalue weighted by Crippen LogP contribution is 2.26. The van der Waals surface area contributed by atoms with Gasteiger partial charge < -0.3 is 5.32 Å². The van der Waals surface area contributed by atoms with E-state index in [2.05, 4.69) is 20.5 Å². The molecule has 1 amide bonds. The molecule has 1 aliphatic rings. The average molecular weight is 326 g/mol. The van der Waals surface area contributed by atoms with Gasteiger partial charge in [0, 0.05) is 5.56 Å². The van der Waals surface area contributed by atoms with Crippen molar-refractivity contribution in [3.05, 3.63) is 84.4 Å². The number of azo groups is 1. The predicted molar refractivity (Wildman–Crippen MR) is 98.3 cm³/mol. The van der Waals surface area contributed by atoms with Crippen molar-refractivity contribution >= 4 is 34.4 Å². The fourth-order valence-electron chi connectivity index (χ4n) is 2.55. The molecular weight excluding hydrogens is 312 g/mol. The minimum Gasteiger partial charge on any atom is -0.320 e. The van der Waals surface area contributed by atoms with Gasteiger partial charge in [0.15, 0.2) is 0 Å². The van der Waals surface area contributed by atoms with E-state index >= 15 is 0 Å². The highest BCUT2D eigenvalue weighted by atomic mass is 16.2. The number of anilines is 1. The second kappa shape index (κ2) is 6.49. The number of amides is 1. The molecule has 0 saturated carbocycles. The molecule has 1 N–H and O–H groups in total. The van der Waals surface area contributed by atoms with Gasteiger partial charge in [0.1, 0.15) is 5.71 Å². The Labute approximate surface area is 144 Å². The number of hydrogen-bond donors (Lipinski definition) is 1. The Morgan fingerprint density at radius 3 is 2.00 bits per heavy atom. The van der Waals surface area contributed by atoms with Gasteiger partial charge in [0.2, 0.25) is 0 Å². The molecule has 0 radical (unpaired) electrons. The first-order chi connectivity index (χ1) is 12.3. The molecule has 0 saturated heterocycles. The van der Waals surface area contributed by atoms with Crippen LogP contribution in [0.1, 0.15) is 5.56 Å². The van der Waals surface area contributed by atoms with Crippen molar-refractivity contribution in [2.24, 2.45) is 15.2 Å². The van der Waals surface area contributed by atoms with Gasteiger partial charge in [-0.3, -0.25) is 4.79 Å². The third-order valence-corrected chi connectivity index (χ3v) is 3.77. The Morgan fingerprint density at radius 2 is 1.24 bits per heavy atom. The lowest BCUT2D eigenvalue weighted by Gasteiger charge is -1.98. The van der Waals surface area contributed by atoms with Gasteiger partial charge in [-0.15, -0.1) is 0 Å². The maximum absolute atomic E-state index is 12.1. The summed E-state index contributed by atoms with van der Waals surface area (Å²) in [7, 11) is 0. The van der Waals surface area contributed by atoms with Crippen molar-refractivity contribution in [1.29, 1.82) is 0 Å². The Balaban J connectivity index is 1.57. The molecule has 1 aliphatic heterocycles. The SMILES string of the molecule is O=C1Nc2ccccc2C1=Nc1ccc(N=Nc2ccccc2)cc1. The summed E-state index contributed by atoms with van der Waals surface area (Å²) in [6.45, 7) is 0. The lowest BCUT2D eigenvalue weighted by atomic mass is 10.1. The van der Waals surface area contributed by atoms with Gasteiger partial charge in [0.05, 0.1) is 22.7 Å². The number of para-hydroxylation sites is 1.